The van der Waals surface area contributed by atoms with Gasteiger partial charge in [-0.25, -0.2) is 9.59 Å². The first-order valence-electron chi connectivity index (χ1n) is 15.3. The maximum atomic E-state index is 13.9. The van der Waals surface area contributed by atoms with Crippen LogP contribution in [0.2, 0.25) is 0 Å². The highest BCUT2D eigenvalue weighted by atomic mass is 16.8. The van der Waals surface area contributed by atoms with Gasteiger partial charge in [0.15, 0.2) is 23.6 Å². The Hall–Kier alpha value is -3.64. The first-order valence-corrected chi connectivity index (χ1v) is 15.3. The van der Waals surface area contributed by atoms with Gasteiger partial charge in [-0.15, -0.1) is 0 Å². The van der Waals surface area contributed by atoms with E-state index in [1.165, 1.54) is 6.92 Å². The highest BCUT2D eigenvalue weighted by Gasteiger charge is 3.04. The Morgan fingerprint density at radius 2 is 1.62 bits per heavy atom. The molecule has 2 N–H and O–H groups in total. The molecule has 2 aromatic carbocycles. The maximum Gasteiger partial charge on any atom is 0.343 e. The average Bonchev–Trinajstić information content (AvgIpc) is 3.73. The van der Waals surface area contributed by atoms with Crippen LogP contribution >= 0.6 is 0 Å². The fraction of sp³-hybridized carbons (Fsp3) is 0.529. The lowest BCUT2D eigenvalue weighted by atomic mass is 9.51. The van der Waals surface area contributed by atoms with Crippen molar-refractivity contribution in [3.05, 3.63) is 71.3 Å². The summed E-state index contributed by atoms with van der Waals surface area (Å²) in [5, 5.41) is 24.5. The molecule has 11 heteroatoms. The second-order valence-electron chi connectivity index (χ2n) is 14.4. The molecule has 2 aromatic rings. The summed E-state index contributed by atoms with van der Waals surface area (Å²) in [5.41, 5.74) is -6.57. The van der Waals surface area contributed by atoms with Crippen LogP contribution < -0.4 is 0 Å². The molecule has 0 bridgehead atoms. The smallest absolute Gasteiger partial charge is 0.343 e. The molecule has 11 atom stereocenters. The standard InChI is InChI=1S/C34H34O11/c1-16-26(37)43-24-23(36)32-21-14-20(30(2,3)4)31(32)25(27(38)44-29(31)45-34(32,28(39)42-21)33(16,24)40)41-15-17-10-12-19(13-11-17)22(35)18-8-6-5-7-9-18/h5-13,16,20-21,23-25,29,36,40H,14-15H2,1-4H3/t16-,20+,21-,23+,24+,25+,29+,31-,32-,33-,34-/m1/s1. The fourth-order valence-corrected chi connectivity index (χ4v) is 9.99. The van der Waals surface area contributed by atoms with E-state index in [1.807, 2.05) is 26.8 Å². The topological polar surface area (TPSA) is 155 Å². The predicted molar refractivity (Wildman–Crippen MR) is 151 cm³/mol. The molecule has 6 fully saturated rings. The lowest BCUT2D eigenvalue weighted by Crippen LogP contribution is -2.67. The van der Waals surface area contributed by atoms with Crippen molar-refractivity contribution < 1.29 is 53.1 Å². The van der Waals surface area contributed by atoms with Crippen LogP contribution in [0.5, 0.6) is 0 Å². The van der Waals surface area contributed by atoms with Crippen LogP contribution in [0.3, 0.4) is 0 Å². The van der Waals surface area contributed by atoms with Crippen LogP contribution in [0.15, 0.2) is 54.6 Å². The van der Waals surface area contributed by atoms with Gasteiger partial charge in [0.25, 0.3) is 0 Å². The summed E-state index contributed by atoms with van der Waals surface area (Å²) in [6.07, 6.45) is -6.55. The minimum absolute atomic E-state index is 0.0668. The number of ketones is 1. The van der Waals surface area contributed by atoms with E-state index in [4.69, 9.17) is 23.7 Å². The molecule has 6 aliphatic rings. The highest BCUT2D eigenvalue weighted by molar-refractivity contribution is 6.09. The van der Waals surface area contributed by atoms with Gasteiger partial charge < -0.3 is 33.9 Å². The van der Waals surface area contributed by atoms with Crippen molar-refractivity contribution in [2.24, 2.45) is 28.1 Å². The predicted octanol–water partition coefficient (Wildman–Crippen LogP) is 2.09. The minimum Gasteiger partial charge on any atom is -0.459 e. The van der Waals surface area contributed by atoms with Gasteiger partial charge in [0.2, 0.25) is 11.9 Å². The Bertz CT molecular complexity index is 1650. The molecule has 11 nitrogen and oxygen atoms in total. The zero-order valence-electron chi connectivity index (χ0n) is 25.2. The van der Waals surface area contributed by atoms with E-state index < -0.39 is 87.9 Å². The van der Waals surface area contributed by atoms with Gasteiger partial charge in [0.1, 0.15) is 12.2 Å². The third-order valence-electron chi connectivity index (χ3n) is 11.6. The van der Waals surface area contributed by atoms with E-state index in [-0.39, 0.29) is 18.8 Å². The quantitative estimate of drug-likeness (QED) is 0.288. The average molecular weight is 619 g/mol. The van der Waals surface area contributed by atoms with Gasteiger partial charge in [0, 0.05) is 11.1 Å². The Balaban J connectivity index is 1.21. The van der Waals surface area contributed by atoms with Gasteiger partial charge in [-0.2, -0.15) is 0 Å². The van der Waals surface area contributed by atoms with Crippen LogP contribution in [0.25, 0.3) is 0 Å². The summed E-state index contributed by atoms with van der Waals surface area (Å²) in [4.78, 5) is 53.3. The van der Waals surface area contributed by atoms with Gasteiger partial charge in [-0.05, 0) is 30.2 Å². The summed E-state index contributed by atoms with van der Waals surface area (Å²) in [7, 11) is 0. The molecule has 4 saturated heterocycles. The second-order valence-corrected chi connectivity index (χ2v) is 14.4. The number of fused-ring (bicyclic) bond motifs is 1. The van der Waals surface area contributed by atoms with Crippen molar-refractivity contribution in [3.63, 3.8) is 0 Å². The van der Waals surface area contributed by atoms with Crippen molar-refractivity contribution in [2.75, 3.05) is 0 Å². The molecule has 2 aliphatic carbocycles. The largest absolute Gasteiger partial charge is 0.459 e. The second kappa shape index (κ2) is 8.79. The third-order valence-corrected chi connectivity index (χ3v) is 11.6. The van der Waals surface area contributed by atoms with E-state index >= 15 is 0 Å². The molecule has 4 heterocycles. The van der Waals surface area contributed by atoms with Crippen molar-refractivity contribution in [1.29, 1.82) is 0 Å². The fourth-order valence-electron chi connectivity index (χ4n) is 9.99. The molecule has 2 saturated carbocycles. The first-order chi connectivity index (χ1) is 21.3. The Morgan fingerprint density at radius 1 is 0.956 bits per heavy atom. The molecule has 0 aromatic heterocycles. The number of aliphatic hydroxyl groups is 2. The number of carbonyl (C=O) groups excluding carboxylic acids is 4. The van der Waals surface area contributed by atoms with Crippen LogP contribution in [0, 0.1) is 28.1 Å². The number of carbonyl (C=O) groups is 4. The number of rotatable bonds is 5. The summed E-state index contributed by atoms with van der Waals surface area (Å²) in [6.45, 7) is 7.29. The van der Waals surface area contributed by atoms with Crippen molar-refractivity contribution in [2.45, 2.75) is 82.6 Å². The monoisotopic (exact) mass is 618 g/mol. The number of aliphatic hydroxyl groups excluding tert-OH is 1. The number of esters is 3. The Morgan fingerprint density at radius 3 is 2.29 bits per heavy atom. The minimum atomic E-state index is -2.28. The SMILES string of the molecule is C[C@@H]1C(=O)O[C@H]2[C@H](O)[C@]34[C@H]5C[C@@H](C(C)(C)C)[C@@]36[C@@H](OC(=O)[C@@H]6OCc3ccc(C(=O)c6ccccc6)cc3)O[C@@]4(C(=O)O5)[C@@]12O. The number of hydrogen-bond donors (Lipinski definition) is 2. The van der Waals surface area contributed by atoms with E-state index in [1.54, 1.807) is 48.5 Å². The van der Waals surface area contributed by atoms with Gasteiger partial charge >= 0.3 is 17.9 Å². The van der Waals surface area contributed by atoms with Gasteiger partial charge in [0.05, 0.1) is 23.4 Å². The first kappa shape index (κ1) is 28.8. The molecule has 4 aliphatic heterocycles. The summed E-state index contributed by atoms with van der Waals surface area (Å²) in [5.74, 6) is -4.25. The lowest BCUT2D eigenvalue weighted by molar-refractivity contribution is -0.240. The molecule has 45 heavy (non-hydrogen) atoms. The maximum absolute atomic E-state index is 13.9. The lowest BCUT2D eigenvalue weighted by Gasteiger charge is -2.48. The summed E-state index contributed by atoms with van der Waals surface area (Å²) >= 11 is 0. The van der Waals surface area contributed by atoms with E-state index in [2.05, 4.69) is 0 Å². The zero-order chi connectivity index (χ0) is 31.9. The van der Waals surface area contributed by atoms with Crippen molar-refractivity contribution in [3.8, 4) is 0 Å². The number of benzene rings is 2. The van der Waals surface area contributed by atoms with E-state index in [9.17, 15) is 29.4 Å². The molecule has 0 unspecified atom stereocenters. The Labute approximate surface area is 258 Å². The molecule has 8 rings (SSSR count). The normalized spacial score (nSPS) is 43.8. The van der Waals surface area contributed by atoms with Crippen molar-refractivity contribution >= 4 is 23.7 Å². The summed E-state index contributed by atoms with van der Waals surface area (Å²) in [6, 6.07) is 15.7. The molecule has 2 spiro atoms. The molecule has 236 valence electrons. The third kappa shape index (κ3) is 2.97. The Kier molecular flexibility index (Phi) is 5.62. The van der Waals surface area contributed by atoms with Crippen LogP contribution in [-0.2, 0) is 44.7 Å². The van der Waals surface area contributed by atoms with Gasteiger partial charge in [-0.3, -0.25) is 9.59 Å². The number of hydrogen-bond acceptors (Lipinski definition) is 11. The molecular weight excluding hydrogens is 584 g/mol. The van der Waals surface area contributed by atoms with Crippen molar-refractivity contribution in [1.82, 2.24) is 0 Å². The zero-order valence-corrected chi connectivity index (χ0v) is 25.2. The van der Waals surface area contributed by atoms with E-state index in [0.29, 0.717) is 16.7 Å². The molecular formula is C34H34O11. The number of ether oxygens (including phenoxy) is 5. The van der Waals surface area contributed by atoms with Gasteiger partial charge in [-0.1, -0.05) is 75.4 Å². The van der Waals surface area contributed by atoms with E-state index in [0.717, 1.165) is 0 Å². The van der Waals surface area contributed by atoms with Crippen LogP contribution in [0.4, 0.5) is 0 Å². The van der Waals surface area contributed by atoms with Crippen LogP contribution in [0.1, 0.15) is 55.6 Å². The molecule has 0 amide bonds. The van der Waals surface area contributed by atoms with Crippen LogP contribution in [-0.4, -0.2) is 75.8 Å². The summed E-state index contributed by atoms with van der Waals surface area (Å²) < 4.78 is 30.2. The highest BCUT2D eigenvalue weighted by Crippen LogP contribution is 2.84. The molecule has 0 radical (unpaired) electrons.